The van der Waals surface area contributed by atoms with Crippen LogP contribution in [0, 0.1) is 24.2 Å². The van der Waals surface area contributed by atoms with Crippen LogP contribution in [0.5, 0.6) is 0 Å². The maximum atomic E-state index is 12.3. The zero-order chi connectivity index (χ0) is 7.56. The van der Waals surface area contributed by atoms with E-state index in [1.165, 1.54) is 6.20 Å². The molecule has 1 rings (SSSR count). The number of hydrogen-bond donors (Lipinski definition) is 0. The van der Waals surface area contributed by atoms with Gasteiger partial charge in [-0.15, -0.1) is 0 Å². The van der Waals surface area contributed by atoms with E-state index in [0.717, 1.165) is 6.07 Å². The molecule has 0 saturated carbocycles. The lowest BCUT2D eigenvalue weighted by atomic mass is 10.2. The van der Waals surface area contributed by atoms with Crippen molar-refractivity contribution in [1.82, 2.24) is 4.98 Å². The minimum atomic E-state index is -0.609. The number of nitrogens with zero attached hydrogens (tertiary/aromatic N) is 2. The van der Waals surface area contributed by atoms with Crippen LogP contribution in [0.25, 0.3) is 0 Å². The molecular formula is C7H5FN2. The van der Waals surface area contributed by atoms with Crippen molar-refractivity contribution in [2.45, 2.75) is 6.92 Å². The van der Waals surface area contributed by atoms with Gasteiger partial charge in [-0.3, -0.25) is 0 Å². The summed E-state index contributed by atoms with van der Waals surface area (Å²) in [5, 5.41) is 8.40. The number of halogens is 1. The first-order valence-corrected chi connectivity index (χ1v) is 2.76. The van der Waals surface area contributed by atoms with Crippen LogP contribution in [-0.4, -0.2) is 4.98 Å². The molecule has 10 heavy (non-hydrogen) atoms. The van der Waals surface area contributed by atoms with Crippen LogP contribution in [0.1, 0.15) is 11.1 Å². The Kier molecular flexibility index (Phi) is 1.63. The highest BCUT2D eigenvalue weighted by Gasteiger charge is 1.97. The molecule has 1 aromatic rings. The van der Waals surface area contributed by atoms with E-state index in [0.29, 0.717) is 11.1 Å². The van der Waals surface area contributed by atoms with Gasteiger partial charge in [0, 0.05) is 12.3 Å². The maximum absolute atomic E-state index is 12.3. The molecule has 0 saturated heterocycles. The Morgan fingerprint density at radius 1 is 1.70 bits per heavy atom. The molecule has 0 aliphatic rings. The average molecular weight is 136 g/mol. The second kappa shape index (κ2) is 2.44. The predicted octanol–water partition coefficient (Wildman–Crippen LogP) is 1.40. The van der Waals surface area contributed by atoms with Crippen molar-refractivity contribution in [2.24, 2.45) is 0 Å². The second-order valence-electron chi connectivity index (χ2n) is 1.93. The minimum absolute atomic E-state index is 0.340. The standard InChI is InChI=1S/C7H5FN2/c1-5-4-10-7(8)2-6(5)3-9/h2,4H,1H3. The van der Waals surface area contributed by atoms with Gasteiger partial charge < -0.3 is 0 Å². The van der Waals surface area contributed by atoms with E-state index in [1.807, 2.05) is 6.07 Å². The minimum Gasteiger partial charge on any atom is -0.228 e. The fourth-order valence-electron chi connectivity index (χ4n) is 0.619. The fourth-order valence-corrected chi connectivity index (χ4v) is 0.619. The highest BCUT2D eigenvalue weighted by Crippen LogP contribution is 2.04. The third kappa shape index (κ3) is 1.11. The summed E-state index contributed by atoms with van der Waals surface area (Å²) in [6.45, 7) is 1.71. The summed E-state index contributed by atoms with van der Waals surface area (Å²) in [5.74, 6) is -0.609. The summed E-state index contributed by atoms with van der Waals surface area (Å²) in [5.41, 5.74) is 1.04. The smallest absolute Gasteiger partial charge is 0.214 e. The second-order valence-corrected chi connectivity index (χ2v) is 1.93. The zero-order valence-electron chi connectivity index (χ0n) is 5.43. The number of nitriles is 1. The molecule has 0 fully saturated rings. The first-order valence-electron chi connectivity index (χ1n) is 2.76. The van der Waals surface area contributed by atoms with Gasteiger partial charge in [0.1, 0.15) is 0 Å². The number of hydrogen-bond acceptors (Lipinski definition) is 2. The molecule has 0 radical (unpaired) electrons. The fraction of sp³-hybridized carbons (Fsp3) is 0.143. The van der Waals surface area contributed by atoms with Gasteiger partial charge in [0.05, 0.1) is 11.6 Å². The van der Waals surface area contributed by atoms with Gasteiger partial charge in [0.25, 0.3) is 0 Å². The molecule has 0 atom stereocenters. The van der Waals surface area contributed by atoms with Crippen LogP contribution >= 0.6 is 0 Å². The Labute approximate surface area is 57.9 Å². The van der Waals surface area contributed by atoms with Crippen LogP contribution < -0.4 is 0 Å². The number of rotatable bonds is 0. The molecule has 0 aliphatic heterocycles. The van der Waals surface area contributed by atoms with E-state index in [4.69, 9.17) is 5.26 Å². The molecule has 0 amide bonds. The van der Waals surface area contributed by atoms with Gasteiger partial charge in [-0.1, -0.05) is 0 Å². The SMILES string of the molecule is Cc1cnc(F)cc1C#N. The molecular weight excluding hydrogens is 131 g/mol. The van der Waals surface area contributed by atoms with Gasteiger partial charge in [-0.05, 0) is 12.5 Å². The first kappa shape index (κ1) is 6.69. The summed E-state index contributed by atoms with van der Waals surface area (Å²) >= 11 is 0. The number of aromatic nitrogens is 1. The first-order chi connectivity index (χ1) is 4.74. The van der Waals surface area contributed by atoms with Gasteiger partial charge in [0.2, 0.25) is 5.95 Å². The highest BCUT2D eigenvalue weighted by atomic mass is 19.1. The van der Waals surface area contributed by atoms with E-state index in [1.54, 1.807) is 6.92 Å². The molecule has 0 aliphatic carbocycles. The van der Waals surface area contributed by atoms with Crippen LogP contribution in [0.4, 0.5) is 4.39 Å². The van der Waals surface area contributed by atoms with E-state index < -0.39 is 5.95 Å². The Bertz CT molecular complexity index is 288. The van der Waals surface area contributed by atoms with Crippen molar-refractivity contribution in [3.63, 3.8) is 0 Å². The Morgan fingerprint density at radius 2 is 2.40 bits per heavy atom. The van der Waals surface area contributed by atoms with Crippen molar-refractivity contribution >= 4 is 0 Å². The zero-order valence-corrected chi connectivity index (χ0v) is 5.43. The number of aryl methyl sites for hydroxylation is 1. The molecule has 1 aromatic heterocycles. The van der Waals surface area contributed by atoms with Crippen LogP contribution in [-0.2, 0) is 0 Å². The summed E-state index contributed by atoms with van der Waals surface area (Å²) < 4.78 is 12.3. The molecule has 0 spiro atoms. The van der Waals surface area contributed by atoms with Gasteiger partial charge in [0.15, 0.2) is 0 Å². The van der Waals surface area contributed by atoms with Gasteiger partial charge in [-0.2, -0.15) is 9.65 Å². The van der Waals surface area contributed by atoms with E-state index >= 15 is 0 Å². The average Bonchev–Trinajstić information content (AvgIpc) is 1.94. The normalized spacial score (nSPS) is 8.90. The lowest BCUT2D eigenvalue weighted by Gasteiger charge is -1.92. The summed E-state index contributed by atoms with van der Waals surface area (Å²) in [6.07, 6.45) is 1.34. The summed E-state index contributed by atoms with van der Waals surface area (Å²) in [4.78, 5) is 3.37. The Balaban J connectivity index is 3.25. The Hall–Kier alpha value is -1.43. The quantitative estimate of drug-likeness (QED) is 0.505. The molecule has 0 bridgehead atoms. The lowest BCUT2D eigenvalue weighted by Crippen LogP contribution is -1.87. The van der Waals surface area contributed by atoms with Crippen molar-refractivity contribution in [3.05, 3.63) is 29.3 Å². The third-order valence-corrected chi connectivity index (χ3v) is 1.19. The lowest BCUT2D eigenvalue weighted by molar-refractivity contribution is 0.582. The molecule has 0 aromatic carbocycles. The van der Waals surface area contributed by atoms with Crippen LogP contribution in [0.3, 0.4) is 0 Å². The van der Waals surface area contributed by atoms with Crippen molar-refractivity contribution in [3.8, 4) is 6.07 Å². The van der Waals surface area contributed by atoms with E-state index in [2.05, 4.69) is 4.98 Å². The summed E-state index contributed by atoms with van der Waals surface area (Å²) in [6, 6.07) is 2.98. The third-order valence-electron chi connectivity index (χ3n) is 1.19. The molecule has 50 valence electrons. The maximum Gasteiger partial charge on any atom is 0.214 e. The molecule has 0 unspecified atom stereocenters. The monoisotopic (exact) mass is 136 g/mol. The van der Waals surface area contributed by atoms with Crippen LogP contribution in [0.2, 0.25) is 0 Å². The Morgan fingerprint density at radius 3 is 2.90 bits per heavy atom. The highest BCUT2D eigenvalue weighted by molar-refractivity contribution is 5.33. The van der Waals surface area contributed by atoms with Crippen molar-refractivity contribution in [1.29, 1.82) is 5.26 Å². The molecule has 0 N–H and O–H groups in total. The predicted molar refractivity (Wildman–Crippen MR) is 33.6 cm³/mol. The van der Waals surface area contributed by atoms with Crippen molar-refractivity contribution < 1.29 is 4.39 Å². The molecule has 2 nitrogen and oxygen atoms in total. The molecule has 3 heteroatoms. The van der Waals surface area contributed by atoms with Gasteiger partial charge in [-0.25, -0.2) is 4.98 Å². The van der Waals surface area contributed by atoms with Crippen LogP contribution in [0.15, 0.2) is 12.3 Å². The van der Waals surface area contributed by atoms with E-state index in [9.17, 15) is 4.39 Å². The molecule has 1 heterocycles. The van der Waals surface area contributed by atoms with E-state index in [-0.39, 0.29) is 0 Å². The van der Waals surface area contributed by atoms with Crippen molar-refractivity contribution in [2.75, 3.05) is 0 Å². The van der Waals surface area contributed by atoms with Gasteiger partial charge >= 0.3 is 0 Å². The number of pyridine rings is 1. The largest absolute Gasteiger partial charge is 0.228 e. The topological polar surface area (TPSA) is 36.7 Å². The summed E-state index contributed by atoms with van der Waals surface area (Å²) in [7, 11) is 0.